The fourth-order valence-electron chi connectivity index (χ4n) is 0.361. The molecule has 0 fully saturated rings. The Labute approximate surface area is 66.0 Å². The van der Waals surface area contributed by atoms with Gasteiger partial charge in [0.05, 0.1) is 20.1 Å². The van der Waals surface area contributed by atoms with Gasteiger partial charge in [0, 0.05) is 0 Å². The van der Waals surface area contributed by atoms with Gasteiger partial charge in [-0.25, -0.2) is 4.79 Å². The van der Waals surface area contributed by atoms with Gasteiger partial charge in [-0.2, -0.15) is 0 Å². The molecular weight excluding hydrogens is 146 g/mol. The number of methoxy groups -OCH3 is 1. The number of nitrogens with one attached hydrogen (secondary N) is 1. The maximum atomic E-state index is 10.4. The van der Waals surface area contributed by atoms with Crippen LogP contribution in [0.5, 0.6) is 0 Å². The lowest BCUT2D eigenvalue weighted by Gasteiger charge is -2.03. The first-order valence-electron chi connectivity index (χ1n) is 3.14. The van der Waals surface area contributed by atoms with Gasteiger partial charge in [0.2, 0.25) is 0 Å². The number of nitrogens with zero attached hydrogens (tertiary/aromatic N) is 2. The molecule has 0 radical (unpaired) electrons. The number of carbonyl (C=O) groups is 1. The summed E-state index contributed by atoms with van der Waals surface area (Å²) in [5, 5.41) is 2.31. The Hall–Kier alpha value is -1.10. The summed E-state index contributed by atoms with van der Waals surface area (Å²) in [5.74, 6) is 0. The molecule has 0 saturated heterocycles. The van der Waals surface area contributed by atoms with Gasteiger partial charge in [0.1, 0.15) is 0 Å². The van der Waals surface area contributed by atoms with Crippen molar-refractivity contribution in [3.63, 3.8) is 0 Å². The minimum absolute atomic E-state index is 0.507. The number of rotatable bonds is 3. The lowest BCUT2D eigenvalue weighted by molar-refractivity contribution is 0.177. The van der Waals surface area contributed by atoms with Crippen molar-refractivity contribution in [2.24, 2.45) is 4.99 Å². The Morgan fingerprint density at radius 3 is 2.82 bits per heavy atom. The van der Waals surface area contributed by atoms with Crippen LogP contribution in [0.25, 0.3) is 0 Å². The minimum atomic E-state index is -0.507. The second kappa shape index (κ2) is 5.67. The highest BCUT2D eigenvalue weighted by Gasteiger charge is 1.90. The third-order valence-corrected chi connectivity index (χ3v) is 0.824. The molecule has 1 N–H and O–H groups in total. The monoisotopic (exact) mass is 159 g/mol. The largest absolute Gasteiger partial charge is 0.453 e. The number of carbonyl (C=O) groups excluding carboxylic acids is 1. The van der Waals surface area contributed by atoms with E-state index in [1.165, 1.54) is 13.4 Å². The fourth-order valence-corrected chi connectivity index (χ4v) is 0.361. The first-order valence-corrected chi connectivity index (χ1v) is 3.14. The van der Waals surface area contributed by atoms with Crippen molar-refractivity contribution in [1.82, 2.24) is 10.2 Å². The first-order chi connectivity index (χ1) is 5.16. The van der Waals surface area contributed by atoms with Gasteiger partial charge in [-0.1, -0.05) is 0 Å². The molecule has 0 bridgehead atoms. The van der Waals surface area contributed by atoms with Crippen molar-refractivity contribution in [2.45, 2.75) is 0 Å². The zero-order valence-corrected chi connectivity index (χ0v) is 7.00. The van der Waals surface area contributed by atoms with Crippen LogP contribution in [0.2, 0.25) is 0 Å². The Bertz CT molecular complexity index is 145. The average Bonchev–Trinajstić information content (AvgIpc) is 1.97. The molecule has 0 aromatic carbocycles. The Morgan fingerprint density at radius 2 is 2.36 bits per heavy atom. The van der Waals surface area contributed by atoms with Gasteiger partial charge in [-0.05, 0) is 14.1 Å². The summed E-state index contributed by atoms with van der Waals surface area (Å²) in [6, 6.07) is 0. The third-order valence-electron chi connectivity index (χ3n) is 0.824. The van der Waals surface area contributed by atoms with Crippen molar-refractivity contribution in [2.75, 3.05) is 27.9 Å². The molecular formula is C6H13N3O2. The van der Waals surface area contributed by atoms with E-state index in [-0.39, 0.29) is 0 Å². The average molecular weight is 159 g/mol. The Balaban J connectivity index is 3.37. The van der Waals surface area contributed by atoms with E-state index in [0.29, 0.717) is 6.67 Å². The smallest absolute Gasteiger partial charge is 0.412 e. The quantitative estimate of drug-likeness (QED) is 0.461. The van der Waals surface area contributed by atoms with Crippen molar-refractivity contribution < 1.29 is 9.53 Å². The number of hydrogen-bond acceptors (Lipinski definition) is 4. The summed E-state index contributed by atoms with van der Waals surface area (Å²) >= 11 is 0. The highest BCUT2D eigenvalue weighted by Crippen LogP contribution is 1.72. The third kappa shape index (κ3) is 6.79. The second-order valence-corrected chi connectivity index (χ2v) is 2.17. The summed E-state index contributed by atoms with van der Waals surface area (Å²) in [7, 11) is 5.07. The molecule has 1 amide bonds. The van der Waals surface area contributed by atoms with E-state index in [4.69, 9.17) is 0 Å². The molecule has 64 valence electrons. The molecule has 0 aromatic rings. The minimum Gasteiger partial charge on any atom is -0.453 e. The molecule has 0 unspecified atom stereocenters. The van der Waals surface area contributed by atoms with E-state index >= 15 is 0 Å². The maximum Gasteiger partial charge on any atom is 0.412 e. The maximum absolute atomic E-state index is 10.4. The Kier molecular flexibility index (Phi) is 5.10. The molecule has 0 atom stereocenters. The number of alkyl carbamates (subject to hydrolysis) is 1. The van der Waals surface area contributed by atoms with Crippen LogP contribution in [0.15, 0.2) is 4.99 Å². The molecule has 0 aliphatic heterocycles. The summed E-state index contributed by atoms with van der Waals surface area (Å²) in [6.07, 6.45) is 0.804. The summed E-state index contributed by atoms with van der Waals surface area (Å²) in [5.41, 5.74) is 0. The zero-order valence-electron chi connectivity index (χ0n) is 7.00. The van der Waals surface area contributed by atoms with Gasteiger partial charge in [-0.15, -0.1) is 0 Å². The molecule has 0 rings (SSSR count). The highest BCUT2D eigenvalue weighted by atomic mass is 16.5. The fraction of sp³-hybridized carbons (Fsp3) is 0.667. The predicted molar refractivity (Wildman–Crippen MR) is 42.6 cm³/mol. The van der Waals surface area contributed by atoms with Crippen LogP contribution in [0, 0.1) is 0 Å². The van der Waals surface area contributed by atoms with Crippen LogP contribution >= 0.6 is 0 Å². The van der Waals surface area contributed by atoms with E-state index < -0.39 is 6.09 Å². The molecule has 0 aromatic heterocycles. The van der Waals surface area contributed by atoms with E-state index in [1.807, 2.05) is 19.0 Å². The van der Waals surface area contributed by atoms with E-state index in [2.05, 4.69) is 15.0 Å². The lowest BCUT2D eigenvalue weighted by Crippen LogP contribution is -2.22. The van der Waals surface area contributed by atoms with Crippen molar-refractivity contribution in [1.29, 1.82) is 0 Å². The van der Waals surface area contributed by atoms with Crippen molar-refractivity contribution in [3.05, 3.63) is 0 Å². The van der Waals surface area contributed by atoms with Crippen LogP contribution < -0.4 is 5.32 Å². The number of ether oxygens (including phenoxy) is 1. The molecule has 5 heteroatoms. The van der Waals surface area contributed by atoms with Crippen LogP contribution in [-0.4, -0.2) is 45.2 Å². The molecule has 0 aliphatic carbocycles. The summed E-state index contributed by atoms with van der Waals surface area (Å²) < 4.78 is 4.30. The SMILES string of the molecule is COC(=O)NC=NCN(C)C. The summed E-state index contributed by atoms with van der Waals surface area (Å²) in [4.78, 5) is 16.1. The van der Waals surface area contributed by atoms with Gasteiger partial charge >= 0.3 is 6.09 Å². The Morgan fingerprint density at radius 1 is 1.73 bits per heavy atom. The molecule has 0 spiro atoms. The van der Waals surface area contributed by atoms with Crippen molar-refractivity contribution in [3.8, 4) is 0 Å². The first kappa shape index (κ1) is 9.90. The highest BCUT2D eigenvalue weighted by molar-refractivity contribution is 5.81. The molecule has 0 saturated carbocycles. The molecule has 11 heavy (non-hydrogen) atoms. The molecule has 0 aliphatic rings. The van der Waals surface area contributed by atoms with Crippen molar-refractivity contribution >= 4 is 12.4 Å². The van der Waals surface area contributed by atoms with E-state index in [1.54, 1.807) is 0 Å². The topological polar surface area (TPSA) is 53.9 Å². The standard InChI is InChI=1S/C6H13N3O2/c1-9(2)5-7-4-8-6(10)11-3/h4H,5H2,1-3H3,(H,7,8,10). The number of amides is 1. The normalized spacial score (nSPS) is 10.5. The van der Waals surface area contributed by atoms with Gasteiger partial charge in [-0.3, -0.25) is 15.2 Å². The van der Waals surface area contributed by atoms with Crippen LogP contribution in [0.4, 0.5) is 4.79 Å². The van der Waals surface area contributed by atoms with Crippen LogP contribution in [0.1, 0.15) is 0 Å². The number of hydrogen-bond donors (Lipinski definition) is 1. The predicted octanol–water partition coefficient (Wildman–Crippen LogP) is -0.110. The summed E-state index contributed by atoms with van der Waals surface area (Å²) in [6.45, 7) is 0.546. The van der Waals surface area contributed by atoms with Gasteiger partial charge < -0.3 is 4.74 Å². The second-order valence-electron chi connectivity index (χ2n) is 2.17. The van der Waals surface area contributed by atoms with Crippen LogP contribution in [-0.2, 0) is 4.74 Å². The molecule has 0 heterocycles. The van der Waals surface area contributed by atoms with Gasteiger partial charge in [0.25, 0.3) is 0 Å². The zero-order chi connectivity index (χ0) is 8.69. The van der Waals surface area contributed by atoms with Gasteiger partial charge in [0.15, 0.2) is 0 Å². The van der Waals surface area contributed by atoms with E-state index in [0.717, 1.165) is 0 Å². The van der Waals surface area contributed by atoms with E-state index in [9.17, 15) is 4.79 Å². The molecule has 5 nitrogen and oxygen atoms in total. The lowest BCUT2D eigenvalue weighted by atomic mass is 10.9. The number of aliphatic imine (C=N–C) groups is 1. The van der Waals surface area contributed by atoms with Crippen LogP contribution in [0.3, 0.4) is 0 Å².